The van der Waals surface area contributed by atoms with Crippen molar-refractivity contribution in [2.45, 2.75) is 45.3 Å². The quantitative estimate of drug-likeness (QED) is 0.362. The zero-order valence-electron chi connectivity index (χ0n) is 15.6. The van der Waals surface area contributed by atoms with Crippen LogP contribution in [0.15, 0.2) is 15.9 Å². The zero-order chi connectivity index (χ0) is 21.3. The molecule has 1 N–H and O–H groups in total. The van der Waals surface area contributed by atoms with E-state index in [1.165, 1.54) is 31.7 Å². The summed E-state index contributed by atoms with van der Waals surface area (Å²) in [6, 6.07) is 0. The number of hydrogen-bond donors (Lipinski definition) is 1. The van der Waals surface area contributed by atoms with Gasteiger partial charge in [0.05, 0.1) is 6.33 Å². The van der Waals surface area contributed by atoms with Gasteiger partial charge in [-0.25, -0.2) is 9.97 Å². The van der Waals surface area contributed by atoms with Crippen molar-refractivity contribution in [2.75, 3.05) is 6.61 Å². The first-order valence-electron chi connectivity index (χ1n) is 8.43. The van der Waals surface area contributed by atoms with Crippen LogP contribution in [-0.4, -0.2) is 62.3 Å². The molecule has 0 saturated carbocycles. The molecule has 1 fully saturated rings. The van der Waals surface area contributed by atoms with Gasteiger partial charge in [-0.05, 0) is 15.9 Å². The fourth-order valence-electron chi connectivity index (χ4n) is 3.00. The molecule has 4 atom stereocenters. The first-order chi connectivity index (χ1) is 13.7. The van der Waals surface area contributed by atoms with E-state index in [1.54, 1.807) is 0 Å². The van der Waals surface area contributed by atoms with Gasteiger partial charge in [-0.1, -0.05) is 0 Å². The van der Waals surface area contributed by atoms with Gasteiger partial charge in [0, 0.05) is 20.8 Å². The SMILES string of the molecule is CC(=O)OC[C@H]1O[C@@H](n2cnc3c(=O)[nH]c(Br)nc32)[C@H](OC(C)=O)[C@@H]1OC(C)=O. The number of imidazole rings is 1. The summed E-state index contributed by atoms with van der Waals surface area (Å²) < 4.78 is 23.1. The van der Waals surface area contributed by atoms with E-state index in [-0.39, 0.29) is 22.5 Å². The summed E-state index contributed by atoms with van der Waals surface area (Å²) in [4.78, 5) is 57.2. The second kappa shape index (κ2) is 8.29. The Morgan fingerprint density at radius 3 is 2.45 bits per heavy atom. The third-order valence-electron chi connectivity index (χ3n) is 4.02. The predicted molar refractivity (Wildman–Crippen MR) is 97.5 cm³/mol. The monoisotopic (exact) mass is 472 g/mol. The molecule has 0 amide bonds. The van der Waals surface area contributed by atoms with Crippen molar-refractivity contribution in [3.05, 3.63) is 21.4 Å². The third kappa shape index (κ3) is 4.45. The lowest BCUT2D eigenvalue weighted by Crippen LogP contribution is -2.40. The topological polar surface area (TPSA) is 152 Å². The number of carbonyl (C=O) groups is 3. The molecule has 2 aromatic rings. The summed E-state index contributed by atoms with van der Waals surface area (Å²) in [7, 11) is 0. The normalized spacial score (nSPS) is 23.7. The van der Waals surface area contributed by atoms with Crippen molar-refractivity contribution in [1.82, 2.24) is 19.5 Å². The fraction of sp³-hybridized carbons (Fsp3) is 0.500. The Morgan fingerprint density at radius 2 is 1.83 bits per heavy atom. The molecule has 29 heavy (non-hydrogen) atoms. The Balaban J connectivity index is 2.05. The van der Waals surface area contributed by atoms with E-state index in [0.29, 0.717) is 0 Å². The summed E-state index contributed by atoms with van der Waals surface area (Å²) >= 11 is 3.10. The van der Waals surface area contributed by atoms with Gasteiger partial charge in [0.15, 0.2) is 34.3 Å². The third-order valence-corrected chi connectivity index (χ3v) is 4.39. The number of aromatic nitrogens is 4. The second-order valence-electron chi connectivity index (χ2n) is 6.20. The van der Waals surface area contributed by atoms with E-state index in [0.717, 1.165) is 0 Å². The molecule has 156 valence electrons. The summed E-state index contributed by atoms with van der Waals surface area (Å²) in [5, 5.41) is 0. The highest BCUT2D eigenvalue weighted by molar-refractivity contribution is 9.10. The first-order valence-corrected chi connectivity index (χ1v) is 9.22. The van der Waals surface area contributed by atoms with Gasteiger partial charge in [0.2, 0.25) is 0 Å². The maximum absolute atomic E-state index is 12.1. The lowest BCUT2D eigenvalue weighted by molar-refractivity contribution is -0.166. The van der Waals surface area contributed by atoms with Crippen LogP contribution in [0.2, 0.25) is 0 Å². The summed E-state index contributed by atoms with van der Waals surface area (Å²) in [6.07, 6.45) is -2.85. The van der Waals surface area contributed by atoms with E-state index >= 15 is 0 Å². The molecule has 0 aromatic carbocycles. The van der Waals surface area contributed by atoms with Gasteiger partial charge in [-0.2, -0.15) is 0 Å². The molecule has 2 aromatic heterocycles. The molecular formula is C16H17BrN4O8. The van der Waals surface area contributed by atoms with Gasteiger partial charge in [-0.15, -0.1) is 0 Å². The highest BCUT2D eigenvalue weighted by Crippen LogP contribution is 2.35. The molecule has 1 saturated heterocycles. The predicted octanol–water partition coefficient (Wildman–Crippen LogP) is 0.206. The van der Waals surface area contributed by atoms with Crippen LogP contribution in [-0.2, 0) is 33.3 Å². The van der Waals surface area contributed by atoms with E-state index in [4.69, 9.17) is 18.9 Å². The van der Waals surface area contributed by atoms with Crippen LogP contribution in [0.4, 0.5) is 0 Å². The molecule has 1 aliphatic rings. The van der Waals surface area contributed by atoms with Crippen LogP contribution in [0.1, 0.15) is 27.0 Å². The number of hydrogen-bond acceptors (Lipinski definition) is 10. The van der Waals surface area contributed by atoms with Crippen LogP contribution in [0.25, 0.3) is 11.2 Å². The van der Waals surface area contributed by atoms with Crippen LogP contribution in [0, 0.1) is 0 Å². The number of fused-ring (bicyclic) bond motifs is 1. The Labute approximate surface area is 171 Å². The molecule has 0 aliphatic carbocycles. The number of H-pyrrole nitrogens is 1. The zero-order valence-corrected chi connectivity index (χ0v) is 17.2. The number of esters is 3. The Bertz CT molecular complexity index is 1020. The molecule has 1 aliphatic heterocycles. The van der Waals surface area contributed by atoms with Crippen LogP contribution in [0.5, 0.6) is 0 Å². The van der Waals surface area contributed by atoms with Crippen LogP contribution < -0.4 is 5.56 Å². The number of nitrogens with zero attached hydrogens (tertiary/aromatic N) is 3. The van der Waals surface area contributed by atoms with Gasteiger partial charge < -0.3 is 18.9 Å². The first kappa shape index (κ1) is 20.9. The van der Waals surface area contributed by atoms with E-state index in [2.05, 4.69) is 30.9 Å². The number of halogens is 1. The van der Waals surface area contributed by atoms with E-state index in [1.807, 2.05) is 0 Å². The smallest absolute Gasteiger partial charge is 0.303 e. The lowest BCUT2D eigenvalue weighted by atomic mass is 10.1. The number of rotatable bonds is 5. The van der Waals surface area contributed by atoms with Gasteiger partial charge >= 0.3 is 17.9 Å². The van der Waals surface area contributed by atoms with E-state index < -0.39 is 48.0 Å². The summed E-state index contributed by atoms with van der Waals surface area (Å²) in [5.74, 6) is -1.85. The molecule has 0 unspecified atom stereocenters. The molecule has 13 heteroatoms. The standard InChI is InChI=1S/C16H17BrN4O8/c1-6(22)26-4-9-11(27-7(2)23)12(28-8(3)24)15(29-9)21-5-18-10-13(21)19-16(17)20-14(10)25/h5,9,11-12,15H,4H2,1-3H3,(H,19,20,25)/t9-,11-,12-,15-/m1/s1. The average molecular weight is 473 g/mol. The van der Waals surface area contributed by atoms with Crippen LogP contribution >= 0.6 is 15.9 Å². The number of ether oxygens (including phenoxy) is 4. The average Bonchev–Trinajstić information content (AvgIpc) is 3.15. The maximum Gasteiger partial charge on any atom is 0.303 e. The maximum atomic E-state index is 12.1. The summed E-state index contributed by atoms with van der Waals surface area (Å²) in [5.41, 5.74) is -0.306. The van der Waals surface area contributed by atoms with Crippen molar-refractivity contribution >= 4 is 45.0 Å². The molecule has 3 heterocycles. The minimum atomic E-state index is -1.10. The van der Waals surface area contributed by atoms with Crippen molar-refractivity contribution < 1.29 is 33.3 Å². The Kier molecular flexibility index (Phi) is 5.98. The van der Waals surface area contributed by atoms with Crippen LogP contribution in [0.3, 0.4) is 0 Å². The van der Waals surface area contributed by atoms with Gasteiger partial charge in [0.1, 0.15) is 12.7 Å². The molecule has 12 nitrogen and oxygen atoms in total. The minimum absolute atomic E-state index is 0.0332. The molecule has 3 rings (SSSR count). The number of nitrogens with one attached hydrogen (secondary N) is 1. The van der Waals surface area contributed by atoms with E-state index in [9.17, 15) is 19.2 Å². The van der Waals surface area contributed by atoms with Crippen molar-refractivity contribution in [1.29, 1.82) is 0 Å². The fourth-order valence-corrected chi connectivity index (χ4v) is 3.35. The molecule has 0 radical (unpaired) electrons. The summed E-state index contributed by atoms with van der Waals surface area (Å²) in [6.45, 7) is 3.35. The second-order valence-corrected chi connectivity index (χ2v) is 6.95. The van der Waals surface area contributed by atoms with Crippen molar-refractivity contribution in [3.8, 4) is 0 Å². The Hall–Kier alpha value is -2.80. The highest BCUT2D eigenvalue weighted by Gasteiger charge is 2.51. The number of carbonyl (C=O) groups excluding carboxylic acids is 3. The lowest BCUT2D eigenvalue weighted by Gasteiger charge is -2.23. The largest absolute Gasteiger partial charge is 0.463 e. The number of aromatic amines is 1. The molecule has 0 bridgehead atoms. The highest BCUT2D eigenvalue weighted by atomic mass is 79.9. The van der Waals surface area contributed by atoms with Crippen molar-refractivity contribution in [2.24, 2.45) is 0 Å². The molecule has 0 spiro atoms. The van der Waals surface area contributed by atoms with Gasteiger partial charge in [-0.3, -0.25) is 28.7 Å². The van der Waals surface area contributed by atoms with Crippen molar-refractivity contribution in [3.63, 3.8) is 0 Å². The molecular weight excluding hydrogens is 456 g/mol. The minimum Gasteiger partial charge on any atom is -0.463 e. The Morgan fingerprint density at radius 1 is 1.17 bits per heavy atom. The van der Waals surface area contributed by atoms with Gasteiger partial charge in [0.25, 0.3) is 5.56 Å².